The number of halogens is 1. The first kappa shape index (κ1) is 22.1. The molecule has 0 fully saturated rings. The summed E-state index contributed by atoms with van der Waals surface area (Å²) >= 11 is 6.22. The van der Waals surface area contributed by atoms with Crippen molar-refractivity contribution in [1.29, 1.82) is 5.53 Å². The topological polar surface area (TPSA) is 131 Å². The lowest BCUT2D eigenvalue weighted by molar-refractivity contribution is 0.181. The van der Waals surface area contributed by atoms with E-state index in [1.807, 2.05) is 24.3 Å². The summed E-state index contributed by atoms with van der Waals surface area (Å²) in [5.41, 5.74) is 17.0. The number of benzene rings is 1. The van der Waals surface area contributed by atoms with Gasteiger partial charge in [-0.3, -0.25) is 4.98 Å². The number of para-hydroxylation sites is 1. The van der Waals surface area contributed by atoms with Crippen LogP contribution < -0.4 is 15.8 Å². The van der Waals surface area contributed by atoms with Gasteiger partial charge in [-0.25, -0.2) is 15.5 Å². The molecule has 0 saturated carbocycles. The molecule has 0 aliphatic rings. The second kappa shape index (κ2) is 10.5. The van der Waals surface area contributed by atoms with E-state index in [-0.39, 0.29) is 11.6 Å². The fourth-order valence-corrected chi connectivity index (χ4v) is 3.18. The maximum atomic E-state index is 7.56. The van der Waals surface area contributed by atoms with E-state index in [2.05, 4.69) is 25.4 Å². The first-order valence-electron chi connectivity index (χ1n) is 9.28. The van der Waals surface area contributed by atoms with Crippen molar-refractivity contribution < 1.29 is 9.47 Å². The zero-order valence-electron chi connectivity index (χ0n) is 17.1. The highest BCUT2D eigenvalue weighted by Crippen LogP contribution is 2.35. The van der Waals surface area contributed by atoms with Crippen LogP contribution >= 0.6 is 11.6 Å². The molecule has 160 valence electrons. The Hall–Kier alpha value is -3.56. The third-order valence-corrected chi connectivity index (χ3v) is 4.55. The van der Waals surface area contributed by atoms with E-state index in [9.17, 15) is 0 Å². The number of ether oxygens (including phenoxy) is 2. The molecule has 9 nitrogen and oxygen atoms in total. The number of nitrogens with one attached hydrogen (secondary N) is 2. The van der Waals surface area contributed by atoms with Gasteiger partial charge in [0.25, 0.3) is 0 Å². The number of nitrogens with two attached hydrogens (primary N) is 1. The maximum Gasteiger partial charge on any atom is 0.221 e. The first-order chi connectivity index (χ1) is 15.0. The smallest absolute Gasteiger partial charge is 0.221 e. The van der Waals surface area contributed by atoms with E-state index < -0.39 is 0 Å². The Balaban J connectivity index is 1.86. The van der Waals surface area contributed by atoms with Gasteiger partial charge in [0.05, 0.1) is 48.1 Å². The predicted octanol–water partition coefficient (Wildman–Crippen LogP) is 4.05. The lowest BCUT2D eigenvalue weighted by atomic mass is 10.1. The van der Waals surface area contributed by atoms with Crippen LogP contribution in [0.1, 0.15) is 17.1 Å². The molecule has 0 atom stereocenters. The van der Waals surface area contributed by atoms with Crippen molar-refractivity contribution in [1.82, 2.24) is 20.3 Å². The number of nitrogens with zero attached hydrogens (tertiary/aromatic N) is 4. The summed E-state index contributed by atoms with van der Waals surface area (Å²) in [6, 6.07) is 12.7. The highest BCUT2D eigenvalue weighted by Gasteiger charge is 2.14. The van der Waals surface area contributed by atoms with Crippen molar-refractivity contribution in [2.45, 2.75) is 13.2 Å². The normalized spacial score (nSPS) is 11.3. The monoisotopic (exact) mass is 439 g/mol. The van der Waals surface area contributed by atoms with E-state index in [0.29, 0.717) is 40.9 Å². The minimum atomic E-state index is 0.0398. The number of hydrogen-bond donors (Lipinski definition) is 3. The van der Waals surface area contributed by atoms with Gasteiger partial charge in [-0.05, 0) is 30.3 Å². The van der Waals surface area contributed by atoms with Crippen LogP contribution in [-0.4, -0.2) is 29.2 Å². The van der Waals surface area contributed by atoms with Crippen LogP contribution in [0.4, 0.5) is 5.95 Å². The standard InChI is InChI=1S/C21H22ClN7O2/c1-30-12-14-6-3-5-13(26-14)10-25-11-19(29-24)18-9-17(27-21(23)28-18)15-7-4-8-16(22)20(15)31-2/h3-9,11,24-25H,10,12H2,1-2H3,(H2,23,27,28)/b19-11-,29-24?. The third kappa shape index (κ3) is 5.53. The minimum absolute atomic E-state index is 0.0398. The zero-order valence-corrected chi connectivity index (χ0v) is 17.8. The minimum Gasteiger partial charge on any atom is -0.494 e. The Morgan fingerprint density at radius 1 is 1.16 bits per heavy atom. The molecule has 1 aromatic carbocycles. The largest absolute Gasteiger partial charge is 0.494 e. The van der Waals surface area contributed by atoms with Gasteiger partial charge in [0.15, 0.2) is 0 Å². The molecule has 3 aromatic rings. The van der Waals surface area contributed by atoms with Gasteiger partial charge in [0.2, 0.25) is 5.95 Å². The molecule has 3 rings (SSSR count). The quantitative estimate of drug-likeness (QED) is 0.428. The number of pyridine rings is 1. The molecule has 31 heavy (non-hydrogen) atoms. The average molecular weight is 440 g/mol. The Kier molecular flexibility index (Phi) is 7.47. The lowest BCUT2D eigenvalue weighted by Gasteiger charge is -2.11. The molecule has 0 aliphatic heterocycles. The molecule has 10 heteroatoms. The summed E-state index contributed by atoms with van der Waals surface area (Å²) in [5, 5.41) is 7.13. The maximum absolute atomic E-state index is 7.56. The summed E-state index contributed by atoms with van der Waals surface area (Å²) in [6.07, 6.45) is 1.58. The van der Waals surface area contributed by atoms with Crippen LogP contribution in [-0.2, 0) is 17.9 Å². The molecule has 0 spiro atoms. The van der Waals surface area contributed by atoms with Gasteiger partial charge in [-0.15, -0.1) is 0 Å². The number of methoxy groups -OCH3 is 2. The summed E-state index contributed by atoms with van der Waals surface area (Å²) in [7, 11) is 3.15. The summed E-state index contributed by atoms with van der Waals surface area (Å²) in [6.45, 7) is 0.874. The van der Waals surface area contributed by atoms with Crippen molar-refractivity contribution in [2.75, 3.05) is 20.0 Å². The van der Waals surface area contributed by atoms with Crippen LogP contribution in [0.2, 0.25) is 5.02 Å². The molecule has 0 bridgehead atoms. The summed E-state index contributed by atoms with van der Waals surface area (Å²) in [5.74, 6) is 0.514. The van der Waals surface area contributed by atoms with Crippen LogP contribution in [0.3, 0.4) is 0 Å². The third-order valence-electron chi connectivity index (χ3n) is 4.25. The number of anilines is 1. The Labute approximate surface area is 184 Å². The molecule has 2 heterocycles. The second-order valence-electron chi connectivity index (χ2n) is 6.39. The number of rotatable bonds is 9. The van der Waals surface area contributed by atoms with Gasteiger partial charge in [0, 0.05) is 18.9 Å². The van der Waals surface area contributed by atoms with Crippen LogP contribution in [0.15, 0.2) is 53.8 Å². The van der Waals surface area contributed by atoms with Gasteiger partial charge in [-0.1, -0.05) is 23.7 Å². The summed E-state index contributed by atoms with van der Waals surface area (Å²) < 4.78 is 10.5. The molecule has 0 unspecified atom stereocenters. The van der Waals surface area contributed by atoms with E-state index in [1.54, 1.807) is 31.5 Å². The van der Waals surface area contributed by atoms with E-state index in [0.717, 1.165) is 11.4 Å². The molecule has 0 radical (unpaired) electrons. The summed E-state index contributed by atoms with van der Waals surface area (Å²) in [4.78, 5) is 13.0. The molecule has 2 aromatic heterocycles. The van der Waals surface area contributed by atoms with Crippen molar-refractivity contribution in [3.63, 3.8) is 0 Å². The van der Waals surface area contributed by atoms with E-state index in [4.69, 9.17) is 32.3 Å². The van der Waals surface area contributed by atoms with Crippen molar-refractivity contribution in [3.8, 4) is 17.0 Å². The molecule has 0 saturated heterocycles. The van der Waals surface area contributed by atoms with E-state index >= 15 is 0 Å². The Morgan fingerprint density at radius 2 is 1.94 bits per heavy atom. The predicted molar refractivity (Wildman–Crippen MR) is 118 cm³/mol. The Bertz CT molecular complexity index is 1100. The molecule has 4 N–H and O–H groups in total. The fraction of sp³-hybridized carbons (Fsp3) is 0.190. The SMILES string of the molecule is COCc1cccc(CN/C=C(\N=N)c2cc(-c3cccc(Cl)c3OC)nc(N)n2)n1. The second-order valence-corrected chi connectivity index (χ2v) is 6.80. The molecule has 0 amide bonds. The van der Waals surface area contributed by atoms with Crippen LogP contribution in [0.25, 0.3) is 17.0 Å². The highest BCUT2D eigenvalue weighted by atomic mass is 35.5. The highest BCUT2D eigenvalue weighted by molar-refractivity contribution is 6.32. The first-order valence-corrected chi connectivity index (χ1v) is 9.66. The van der Waals surface area contributed by atoms with Crippen molar-refractivity contribution in [2.24, 2.45) is 5.11 Å². The zero-order chi connectivity index (χ0) is 22.2. The van der Waals surface area contributed by atoms with Crippen molar-refractivity contribution in [3.05, 3.63) is 70.8 Å². The van der Waals surface area contributed by atoms with E-state index in [1.165, 1.54) is 7.11 Å². The van der Waals surface area contributed by atoms with Gasteiger partial charge < -0.3 is 20.5 Å². The number of hydrogen-bond acceptors (Lipinski definition) is 9. The van der Waals surface area contributed by atoms with Crippen molar-refractivity contribution >= 4 is 23.2 Å². The van der Waals surface area contributed by atoms with Gasteiger partial charge in [-0.2, -0.15) is 5.11 Å². The Morgan fingerprint density at radius 3 is 2.68 bits per heavy atom. The van der Waals surface area contributed by atoms with Gasteiger partial charge >= 0.3 is 0 Å². The van der Waals surface area contributed by atoms with Gasteiger partial charge in [0.1, 0.15) is 11.4 Å². The number of aromatic nitrogens is 3. The number of nitrogen functional groups attached to an aromatic ring is 1. The molecule has 0 aliphatic carbocycles. The van der Waals surface area contributed by atoms with Crippen LogP contribution in [0.5, 0.6) is 5.75 Å². The fourth-order valence-electron chi connectivity index (χ4n) is 2.92. The lowest BCUT2D eigenvalue weighted by Crippen LogP contribution is -2.09. The van der Waals surface area contributed by atoms with Crippen LogP contribution in [0, 0.1) is 5.53 Å². The molecular formula is C21H22ClN7O2. The average Bonchev–Trinajstić information content (AvgIpc) is 2.76. The molecular weight excluding hydrogens is 418 g/mol.